The van der Waals surface area contributed by atoms with Crippen molar-refractivity contribution >= 4 is 40.1 Å². The summed E-state index contributed by atoms with van der Waals surface area (Å²) in [6.45, 7) is 5.23. The number of aromatic nitrogens is 1. The topological polar surface area (TPSA) is 71.9 Å². The number of ether oxygens (including phenoxy) is 2. The highest BCUT2D eigenvalue weighted by Crippen LogP contribution is 2.40. The van der Waals surface area contributed by atoms with Gasteiger partial charge in [0.2, 0.25) is 0 Å². The van der Waals surface area contributed by atoms with E-state index < -0.39 is 5.97 Å². The van der Waals surface area contributed by atoms with Crippen LogP contribution < -0.4 is 9.47 Å². The second-order valence-corrected chi connectivity index (χ2v) is 8.40. The molecule has 3 heterocycles. The summed E-state index contributed by atoms with van der Waals surface area (Å²) in [4.78, 5) is 19.4. The fourth-order valence-corrected chi connectivity index (χ4v) is 4.66. The van der Waals surface area contributed by atoms with Crippen molar-refractivity contribution in [2.45, 2.75) is 19.9 Å². The summed E-state index contributed by atoms with van der Waals surface area (Å²) in [6.07, 6.45) is 2.82. The van der Waals surface area contributed by atoms with Crippen LogP contribution in [0.2, 0.25) is 5.02 Å². The van der Waals surface area contributed by atoms with E-state index in [0.29, 0.717) is 59.3 Å². The lowest BCUT2D eigenvalue weighted by Gasteiger charge is -2.30. The van der Waals surface area contributed by atoms with Crippen molar-refractivity contribution in [3.63, 3.8) is 0 Å². The molecule has 0 radical (unpaired) electrons. The summed E-state index contributed by atoms with van der Waals surface area (Å²) in [7, 11) is 0. The lowest BCUT2D eigenvalue weighted by molar-refractivity contribution is 0.0696. The molecular formula is C25H23ClN2O4. The van der Waals surface area contributed by atoms with Gasteiger partial charge in [0.15, 0.2) is 11.5 Å². The third kappa shape index (κ3) is 3.70. The van der Waals surface area contributed by atoms with Gasteiger partial charge in [-0.05, 0) is 42.0 Å². The first-order chi connectivity index (χ1) is 15.5. The number of rotatable bonds is 3. The molecule has 2 aromatic carbocycles. The molecule has 7 heteroatoms. The molecule has 2 aliphatic rings. The molecule has 0 saturated carbocycles. The minimum Gasteiger partial charge on any atom is -0.489 e. The normalized spacial score (nSPS) is 17.2. The van der Waals surface area contributed by atoms with E-state index >= 15 is 0 Å². The van der Waals surface area contributed by atoms with E-state index in [2.05, 4.69) is 11.8 Å². The van der Waals surface area contributed by atoms with Crippen LogP contribution in [0.1, 0.15) is 40.5 Å². The van der Waals surface area contributed by atoms with Crippen molar-refractivity contribution in [2.24, 2.45) is 0 Å². The zero-order valence-corrected chi connectivity index (χ0v) is 18.5. The number of hydrogen-bond acceptors (Lipinski definition) is 5. The van der Waals surface area contributed by atoms with E-state index in [1.54, 1.807) is 0 Å². The molecule has 6 nitrogen and oxygen atoms in total. The number of fused-ring (bicyclic) bond motifs is 3. The van der Waals surface area contributed by atoms with Crippen LogP contribution in [0.5, 0.6) is 11.5 Å². The fraction of sp³-hybridized carbons (Fsp3) is 0.280. The quantitative estimate of drug-likeness (QED) is 0.596. The maximum Gasteiger partial charge on any atom is 0.336 e. The maximum atomic E-state index is 12.3. The molecule has 164 valence electrons. The van der Waals surface area contributed by atoms with Crippen molar-refractivity contribution in [2.75, 3.05) is 26.3 Å². The van der Waals surface area contributed by atoms with Gasteiger partial charge in [0.05, 0.1) is 35.0 Å². The predicted molar refractivity (Wildman–Crippen MR) is 125 cm³/mol. The number of para-hydroxylation sites is 1. The van der Waals surface area contributed by atoms with E-state index in [1.807, 2.05) is 42.5 Å². The van der Waals surface area contributed by atoms with Gasteiger partial charge < -0.3 is 14.6 Å². The van der Waals surface area contributed by atoms with Crippen molar-refractivity contribution in [3.05, 3.63) is 63.8 Å². The van der Waals surface area contributed by atoms with Gasteiger partial charge in [-0.2, -0.15) is 0 Å². The largest absolute Gasteiger partial charge is 0.489 e. The van der Waals surface area contributed by atoms with Crippen LogP contribution in [-0.4, -0.2) is 47.3 Å². The van der Waals surface area contributed by atoms with E-state index in [-0.39, 0.29) is 0 Å². The summed E-state index contributed by atoms with van der Waals surface area (Å²) in [5.74, 6) is 0.265. The number of carbonyl (C=O) groups is 1. The van der Waals surface area contributed by atoms with Crippen LogP contribution in [0.15, 0.2) is 36.4 Å². The zero-order valence-electron chi connectivity index (χ0n) is 17.7. The van der Waals surface area contributed by atoms with Crippen molar-refractivity contribution in [3.8, 4) is 11.5 Å². The molecule has 32 heavy (non-hydrogen) atoms. The van der Waals surface area contributed by atoms with Crippen molar-refractivity contribution in [1.82, 2.24) is 9.88 Å². The van der Waals surface area contributed by atoms with Gasteiger partial charge in [0.25, 0.3) is 0 Å². The molecule has 0 fully saturated rings. The first-order valence-electron chi connectivity index (χ1n) is 10.7. The number of benzene rings is 2. The minimum absolute atomic E-state index is 0.325. The van der Waals surface area contributed by atoms with Crippen LogP contribution in [-0.2, 0) is 6.54 Å². The van der Waals surface area contributed by atoms with Gasteiger partial charge in [0.1, 0.15) is 0 Å². The summed E-state index contributed by atoms with van der Waals surface area (Å²) < 4.78 is 11.6. The molecule has 0 saturated heterocycles. The Morgan fingerprint density at radius 2 is 2.03 bits per heavy atom. The first kappa shape index (κ1) is 20.8. The van der Waals surface area contributed by atoms with Gasteiger partial charge in [-0.15, -0.1) is 0 Å². The number of nitrogens with zero attached hydrogens (tertiary/aromatic N) is 2. The molecule has 0 spiro atoms. The fourth-order valence-electron chi connectivity index (χ4n) is 4.38. The number of likely N-dealkylation sites (N-methyl/N-ethyl adjacent to an activating group) is 1. The van der Waals surface area contributed by atoms with E-state index in [9.17, 15) is 9.90 Å². The Bertz CT molecular complexity index is 1250. The van der Waals surface area contributed by atoms with E-state index in [0.717, 1.165) is 35.4 Å². The predicted octanol–water partition coefficient (Wildman–Crippen LogP) is 5.12. The molecule has 1 N–H and O–H groups in total. The van der Waals surface area contributed by atoms with Crippen LogP contribution in [0.25, 0.3) is 22.6 Å². The van der Waals surface area contributed by atoms with Gasteiger partial charge in [0, 0.05) is 30.5 Å². The van der Waals surface area contributed by atoms with E-state index in [4.69, 9.17) is 26.1 Å². The summed E-state index contributed by atoms with van der Waals surface area (Å²) in [6, 6.07) is 11.2. The number of hydrogen-bond donors (Lipinski definition) is 1. The highest BCUT2D eigenvalue weighted by Gasteiger charge is 2.28. The van der Waals surface area contributed by atoms with Gasteiger partial charge in [-0.3, -0.25) is 4.90 Å². The number of aromatic carboxylic acids is 1. The molecule has 0 bridgehead atoms. The molecule has 3 aromatic rings. The van der Waals surface area contributed by atoms with Crippen molar-refractivity contribution in [1.29, 1.82) is 0 Å². The van der Waals surface area contributed by atoms with Gasteiger partial charge in [-0.25, -0.2) is 9.78 Å². The minimum atomic E-state index is -0.934. The number of halogens is 1. The first-order valence-corrected chi connectivity index (χ1v) is 11.1. The van der Waals surface area contributed by atoms with Crippen LogP contribution in [0, 0.1) is 0 Å². The Hall–Kier alpha value is -3.09. The Balaban J connectivity index is 1.70. The third-order valence-corrected chi connectivity index (χ3v) is 6.18. The standard InChI is InChI=1S/C25H23ClN2O4/c1-2-28-13-16(10-15-11-19(26)24-21(12-15)31-8-5-9-32-24)23-18(14-28)22(25(29)30)17-6-3-4-7-20(17)27-23/h3-4,6-7,10-12H,2,5,8-9,13-14H2,1H3,(H,29,30)/b16-10+. The molecule has 0 atom stereocenters. The molecule has 0 aliphatic carbocycles. The Kier molecular flexibility index (Phi) is 5.49. The van der Waals surface area contributed by atoms with Crippen LogP contribution >= 0.6 is 11.6 Å². The zero-order chi connectivity index (χ0) is 22.2. The molecule has 5 rings (SSSR count). The molecule has 1 aromatic heterocycles. The smallest absolute Gasteiger partial charge is 0.336 e. The molecule has 0 amide bonds. The second-order valence-electron chi connectivity index (χ2n) is 7.99. The maximum absolute atomic E-state index is 12.3. The summed E-state index contributed by atoms with van der Waals surface area (Å²) in [5.41, 5.74) is 4.30. The molecule has 0 unspecified atom stereocenters. The van der Waals surface area contributed by atoms with Crippen molar-refractivity contribution < 1.29 is 19.4 Å². The number of carboxylic acid groups (broad SMARTS) is 1. The van der Waals surface area contributed by atoms with Gasteiger partial charge in [-0.1, -0.05) is 36.7 Å². The monoisotopic (exact) mass is 450 g/mol. The number of pyridine rings is 1. The summed E-state index contributed by atoms with van der Waals surface area (Å²) >= 11 is 6.50. The lowest BCUT2D eigenvalue weighted by atomic mass is 9.92. The molecule has 2 aliphatic heterocycles. The van der Waals surface area contributed by atoms with Crippen LogP contribution in [0.4, 0.5) is 0 Å². The van der Waals surface area contributed by atoms with E-state index in [1.165, 1.54) is 0 Å². The highest BCUT2D eigenvalue weighted by atomic mass is 35.5. The molecular weight excluding hydrogens is 428 g/mol. The Morgan fingerprint density at radius 3 is 2.84 bits per heavy atom. The Morgan fingerprint density at radius 1 is 1.22 bits per heavy atom. The van der Waals surface area contributed by atoms with Crippen LogP contribution in [0.3, 0.4) is 0 Å². The third-order valence-electron chi connectivity index (χ3n) is 5.90. The number of carboxylic acids is 1. The lowest BCUT2D eigenvalue weighted by Crippen LogP contribution is -2.31. The average Bonchev–Trinajstić information content (AvgIpc) is 3.03. The highest BCUT2D eigenvalue weighted by molar-refractivity contribution is 6.32. The Labute approximate surface area is 191 Å². The second kappa shape index (κ2) is 8.45. The average molecular weight is 451 g/mol. The van der Waals surface area contributed by atoms with Gasteiger partial charge >= 0.3 is 5.97 Å². The summed E-state index contributed by atoms with van der Waals surface area (Å²) in [5, 5.41) is 11.2. The SMILES string of the molecule is CCN1C/C(=C\c2cc(Cl)c3c(c2)OCCCO3)c2nc3ccccc3c(C(=O)O)c2C1.